The monoisotopic (exact) mass is 1520 g/mol. The number of esters is 4. The second-order valence-corrected chi connectivity index (χ2v) is 35.2. The first-order valence-electron chi connectivity index (χ1n) is 43.7. The topological polar surface area (TPSA) is 237 Å². The Hall–Kier alpha value is -1.94. The number of ether oxygens (including phenoxy) is 4. The van der Waals surface area contributed by atoms with Gasteiger partial charge in [-0.3, -0.25) is 37.3 Å². The van der Waals surface area contributed by atoms with Crippen LogP contribution in [0.3, 0.4) is 0 Å². The summed E-state index contributed by atoms with van der Waals surface area (Å²) in [6, 6.07) is 0. The molecule has 0 aliphatic heterocycles. The lowest BCUT2D eigenvalue weighted by Gasteiger charge is -2.21. The van der Waals surface area contributed by atoms with Crippen LogP contribution in [0.25, 0.3) is 0 Å². The number of aliphatic hydroxyl groups excluding tert-OH is 1. The molecule has 0 heterocycles. The van der Waals surface area contributed by atoms with Gasteiger partial charge in [0.2, 0.25) is 0 Å². The number of hydrogen-bond acceptors (Lipinski definition) is 15. The molecule has 0 spiro atoms. The fraction of sp³-hybridized carbons (Fsp3) is 0.953. The smallest absolute Gasteiger partial charge is 0.462 e. The van der Waals surface area contributed by atoms with Crippen LogP contribution in [0.4, 0.5) is 0 Å². The molecule has 3 N–H and O–H groups in total. The van der Waals surface area contributed by atoms with Crippen molar-refractivity contribution in [3.63, 3.8) is 0 Å². The number of carbonyl (C=O) groups excluding carboxylic acids is 4. The van der Waals surface area contributed by atoms with E-state index in [1.807, 2.05) is 0 Å². The first-order valence-corrected chi connectivity index (χ1v) is 46.7. The molecule has 618 valence electrons. The fourth-order valence-corrected chi connectivity index (χ4v) is 14.7. The van der Waals surface area contributed by atoms with E-state index in [4.69, 9.17) is 37.0 Å². The predicted octanol–water partition coefficient (Wildman–Crippen LogP) is 25.6. The summed E-state index contributed by atoms with van der Waals surface area (Å²) < 4.78 is 68.8. The maximum atomic E-state index is 13.1. The van der Waals surface area contributed by atoms with Crippen LogP contribution in [-0.2, 0) is 65.4 Å². The van der Waals surface area contributed by atoms with E-state index < -0.39 is 97.5 Å². The van der Waals surface area contributed by atoms with Gasteiger partial charge in [0.1, 0.15) is 19.3 Å². The molecule has 0 saturated carbocycles. The lowest BCUT2D eigenvalue weighted by Crippen LogP contribution is -2.30. The Morgan fingerprint density at radius 1 is 0.269 bits per heavy atom. The van der Waals surface area contributed by atoms with Crippen LogP contribution in [0.2, 0.25) is 0 Å². The molecule has 0 radical (unpaired) electrons. The highest BCUT2D eigenvalue weighted by Crippen LogP contribution is 2.45. The Morgan fingerprint density at radius 2 is 0.462 bits per heavy atom. The molecule has 0 bridgehead atoms. The van der Waals surface area contributed by atoms with Crippen LogP contribution >= 0.6 is 15.6 Å². The van der Waals surface area contributed by atoms with Gasteiger partial charge in [-0.15, -0.1) is 0 Å². The maximum Gasteiger partial charge on any atom is 0.472 e. The van der Waals surface area contributed by atoms with Crippen molar-refractivity contribution >= 4 is 39.5 Å². The van der Waals surface area contributed by atoms with Crippen LogP contribution in [-0.4, -0.2) is 96.7 Å². The maximum absolute atomic E-state index is 13.1. The van der Waals surface area contributed by atoms with Crippen molar-refractivity contribution in [2.75, 3.05) is 39.6 Å². The summed E-state index contributed by atoms with van der Waals surface area (Å²) in [6.45, 7) is 14.3. The van der Waals surface area contributed by atoms with Gasteiger partial charge in [-0.05, 0) is 49.4 Å². The second kappa shape index (κ2) is 73.8. The molecule has 0 amide bonds. The van der Waals surface area contributed by atoms with E-state index in [1.165, 1.54) is 238 Å². The van der Waals surface area contributed by atoms with Crippen molar-refractivity contribution in [1.29, 1.82) is 0 Å². The van der Waals surface area contributed by atoms with Crippen LogP contribution in [0.15, 0.2) is 0 Å². The van der Waals surface area contributed by atoms with Gasteiger partial charge in [0.15, 0.2) is 12.2 Å². The first-order chi connectivity index (χ1) is 50.1. The molecule has 0 saturated heterocycles. The summed E-state index contributed by atoms with van der Waals surface area (Å²) in [5, 5.41) is 10.7. The number of aliphatic hydroxyl groups is 1. The Bertz CT molecular complexity index is 2030. The third-order valence-corrected chi connectivity index (χ3v) is 22.1. The number of phosphoric acid groups is 2. The summed E-state index contributed by atoms with van der Waals surface area (Å²) in [4.78, 5) is 73.1. The van der Waals surface area contributed by atoms with E-state index in [1.54, 1.807) is 0 Å². The highest BCUT2D eigenvalue weighted by Gasteiger charge is 2.30. The molecule has 19 heteroatoms. The molecule has 0 fully saturated rings. The van der Waals surface area contributed by atoms with Crippen LogP contribution in [0.5, 0.6) is 0 Å². The zero-order valence-corrected chi connectivity index (χ0v) is 70.5. The van der Waals surface area contributed by atoms with Crippen LogP contribution in [0.1, 0.15) is 441 Å². The van der Waals surface area contributed by atoms with Crippen LogP contribution < -0.4 is 0 Å². The lowest BCUT2D eigenvalue weighted by molar-refractivity contribution is -0.161. The molecule has 0 aromatic rings. The molecular formula is C85H166O17P2. The third-order valence-electron chi connectivity index (χ3n) is 20.2. The molecule has 4 unspecified atom stereocenters. The van der Waals surface area contributed by atoms with Crippen molar-refractivity contribution < 1.29 is 80.2 Å². The number of carbonyl (C=O) groups is 4. The van der Waals surface area contributed by atoms with Gasteiger partial charge in [0.05, 0.1) is 26.4 Å². The van der Waals surface area contributed by atoms with E-state index in [-0.39, 0.29) is 25.7 Å². The summed E-state index contributed by atoms with van der Waals surface area (Å²) in [5.41, 5.74) is 0. The molecule has 104 heavy (non-hydrogen) atoms. The Balaban J connectivity index is 5.19. The zero-order valence-electron chi connectivity index (χ0n) is 68.7. The second-order valence-electron chi connectivity index (χ2n) is 32.2. The molecular weight excluding hydrogens is 1350 g/mol. The zero-order chi connectivity index (χ0) is 76.7. The minimum absolute atomic E-state index is 0.107. The van der Waals surface area contributed by atoms with E-state index in [0.717, 1.165) is 114 Å². The molecule has 0 aliphatic rings. The molecule has 0 aliphatic carbocycles. The minimum atomic E-state index is -4.96. The number of phosphoric ester groups is 2. The van der Waals surface area contributed by atoms with Crippen molar-refractivity contribution in [3.05, 3.63) is 0 Å². The summed E-state index contributed by atoms with van der Waals surface area (Å²) in [7, 11) is -9.93. The fourth-order valence-electron chi connectivity index (χ4n) is 13.1. The van der Waals surface area contributed by atoms with E-state index >= 15 is 0 Å². The van der Waals surface area contributed by atoms with Crippen molar-refractivity contribution in [3.8, 4) is 0 Å². The van der Waals surface area contributed by atoms with E-state index in [0.29, 0.717) is 31.6 Å². The van der Waals surface area contributed by atoms with Crippen LogP contribution in [0, 0.1) is 23.7 Å². The first kappa shape index (κ1) is 102. The van der Waals surface area contributed by atoms with E-state index in [2.05, 4.69) is 55.4 Å². The largest absolute Gasteiger partial charge is 0.472 e. The number of unbranched alkanes of at least 4 members (excludes halogenated alkanes) is 47. The normalized spacial score (nSPS) is 14.2. The summed E-state index contributed by atoms with van der Waals surface area (Å²) >= 11 is 0. The SMILES string of the molecule is CCC(C)CCCCCCCCCCCCCCCCCCCCC(=O)O[C@H](COC(=O)CCCCCCCCCCCCC(C)C)COP(=O)(O)OCC(O)COP(=O)(O)OC[C@@H](COC(=O)CCCCCCCCCC(C)C)OC(=O)CCCCCCCCCCCCCCCCCCC(C)C. The Morgan fingerprint density at radius 3 is 0.683 bits per heavy atom. The van der Waals surface area contributed by atoms with Gasteiger partial charge >= 0.3 is 39.5 Å². The van der Waals surface area contributed by atoms with Gasteiger partial charge in [-0.1, -0.05) is 389 Å². The molecule has 0 rings (SSSR count). The number of hydrogen-bond donors (Lipinski definition) is 3. The summed E-state index contributed by atoms with van der Waals surface area (Å²) in [5.74, 6) is 1.03. The predicted molar refractivity (Wildman–Crippen MR) is 428 cm³/mol. The van der Waals surface area contributed by atoms with Gasteiger partial charge in [-0.2, -0.15) is 0 Å². The average Bonchev–Trinajstić information content (AvgIpc) is 0.908. The Labute approximate surface area is 638 Å². The molecule has 0 aromatic heterocycles. The highest BCUT2D eigenvalue weighted by atomic mass is 31.2. The quantitative estimate of drug-likeness (QED) is 0.0222. The molecule has 0 aromatic carbocycles. The number of rotatable bonds is 82. The average molecular weight is 1520 g/mol. The summed E-state index contributed by atoms with van der Waals surface area (Å²) in [6.07, 6.45) is 62.6. The highest BCUT2D eigenvalue weighted by molar-refractivity contribution is 7.47. The van der Waals surface area contributed by atoms with Gasteiger partial charge in [-0.25, -0.2) is 9.13 Å². The van der Waals surface area contributed by atoms with Crippen molar-refractivity contribution in [2.45, 2.75) is 459 Å². The molecule has 6 atom stereocenters. The van der Waals surface area contributed by atoms with Crippen molar-refractivity contribution in [2.24, 2.45) is 23.7 Å². The van der Waals surface area contributed by atoms with Crippen molar-refractivity contribution in [1.82, 2.24) is 0 Å². The van der Waals surface area contributed by atoms with Gasteiger partial charge < -0.3 is 33.8 Å². The third kappa shape index (κ3) is 76.8. The lowest BCUT2D eigenvalue weighted by atomic mass is 9.99. The molecule has 17 nitrogen and oxygen atoms in total. The minimum Gasteiger partial charge on any atom is -0.462 e. The van der Waals surface area contributed by atoms with Gasteiger partial charge in [0, 0.05) is 25.7 Å². The van der Waals surface area contributed by atoms with Gasteiger partial charge in [0.25, 0.3) is 0 Å². The standard InChI is InChI=1S/C85H166O17P2/c1-9-78(8)64-56-48-40-32-25-21-17-12-10-11-13-18-22-26-34-42-51-59-67-84(89)101-80(71-95-82(87)65-57-49-41-33-29-28-31-38-46-54-62-76(4)5)73-99-103(91,92)97-69-79(86)70-98-104(93,94)100-74-81(72-96-83(88)66-58-50-44-36-39-47-55-63-77(6)7)102-85(90)68-60-52-43-35-27-23-19-15-14-16-20-24-30-37-45-53-61-75(2)3/h75-81,86H,9-74H2,1-8H3,(H,91,92)(H,93,94)/t78?,79?,80-,81-/m1/s1. The van der Waals surface area contributed by atoms with E-state index in [9.17, 15) is 43.2 Å². The Kier molecular flexibility index (Phi) is 72.5.